The highest BCUT2D eigenvalue weighted by Gasteiger charge is 2.27. The number of carbonyl (C=O) groups is 2. The van der Waals surface area contributed by atoms with Crippen molar-refractivity contribution in [3.63, 3.8) is 0 Å². The van der Waals surface area contributed by atoms with Crippen molar-refractivity contribution in [3.8, 4) is 0 Å². The van der Waals surface area contributed by atoms with Gasteiger partial charge in [0.25, 0.3) is 0 Å². The van der Waals surface area contributed by atoms with Crippen LogP contribution < -0.4 is 5.32 Å². The normalized spacial score (nSPS) is 11.7. The Morgan fingerprint density at radius 3 is 2.43 bits per heavy atom. The van der Waals surface area contributed by atoms with E-state index in [0.717, 1.165) is 18.6 Å². The zero-order chi connectivity index (χ0) is 21.8. The van der Waals surface area contributed by atoms with Crippen LogP contribution in [-0.2, 0) is 21.8 Å². The van der Waals surface area contributed by atoms with Crippen LogP contribution in [0, 0.1) is 6.92 Å². The molecule has 2 aromatic rings. The lowest BCUT2D eigenvalue weighted by Gasteiger charge is -2.30. The van der Waals surface area contributed by atoms with Crippen LogP contribution in [0.2, 0.25) is 0 Å². The fraction of sp³-hybridized carbons (Fsp3) is 0.440. The van der Waals surface area contributed by atoms with Gasteiger partial charge in [0.1, 0.15) is 6.04 Å². The lowest BCUT2D eigenvalue weighted by Crippen LogP contribution is -2.50. The van der Waals surface area contributed by atoms with E-state index in [9.17, 15) is 9.59 Å². The lowest BCUT2D eigenvalue weighted by molar-refractivity contribution is -0.138. The Hall–Kier alpha value is -2.27. The van der Waals surface area contributed by atoms with Crippen molar-refractivity contribution in [2.75, 3.05) is 18.8 Å². The summed E-state index contributed by atoms with van der Waals surface area (Å²) in [6.07, 6.45) is 2.23. The molecule has 0 aromatic heterocycles. The van der Waals surface area contributed by atoms with E-state index in [1.165, 1.54) is 16.7 Å². The summed E-state index contributed by atoms with van der Waals surface area (Å²) in [6, 6.07) is 18.1. The number of aryl methyl sites for hydroxylation is 1. The summed E-state index contributed by atoms with van der Waals surface area (Å²) in [4.78, 5) is 27.6. The molecular formula is C25H34N2O2S. The molecule has 2 amide bonds. The van der Waals surface area contributed by atoms with E-state index < -0.39 is 6.04 Å². The minimum absolute atomic E-state index is 0.0297. The molecule has 2 rings (SSSR count). The molecule has 0 aliphatic heterocycles. The van der Waals surface area contributed by atoms with Gasteiger partial charge in [0, 0.05) is 18.8 Å². The van der Waals surface area contributed by atoms with Crippen LogP contribution in [0.4, 0.5) is 0 Å². The molecule has 0 bridgehead atoms. The third-order valence-electron chi connectivity index (χ3n) is 5.00. The molecule has 1 N–H and O–H groups in total. The molecule has 0 aliphatic carbocycles. The largest absolute Gasteiger partial charge is 0.354 e. The maximum atomic E-state index is 13.1. The smallest absolute Gasteiger partial charge is 0.242 e. The SMILES string of the molecule is CCCNC(=O)[C@@H](CC)N(CCc1ccccc1)C(=O)CSCc1cccc(C)c1. The summed E-state index contributed by atoms with van der Waals surface area (Å²) >= 11 is 1.61. The monoisotopic (exact) mass is 426 g/mol. The molecule has 0 saturated carbocycles. The molecule has 162 valence electrons. The van der Waals surface area contributed by atoms with E-state index in [1.54, 1.807) is 16.7 Å². The fourth-order valence-electron chi connectivity index (χ4n) is 3.40. The van der Waals surface area contributed by atoms with Crippen molar-refractivity contribution in [1.82, 2.24) is 10.2 Å². The van der Waals surface area contributed by atoms with E-state index >= 15 is 0 Å². The van der Waals surface area contributed by atoms with Gasteiger partial charge < -0.3 is 10.2 Å². The topological polar surface area (TPSA) is 49.4 Å². The predicted molar refractivity (Wildman–Crippen MR) is 127 cm³/mol. The summed E-state index contributed by atoms with van der Waals surface area (Å²) in [5.41, 5.74) is 3.62. The highest BCUT2D eigenvalue weighted by Crippen LogP contribution is 2.16. The molecule has 0 unspecified atom stereocenters. The van der Waals surface area contributed by atoms with Gasteiger partial charge in [-0.2, -0.15) is 0 Å². The highest BCUT2D eigenvalue weighted by atomic mass is 32.2. The van der Waals surface area contributed by atoms with Crippen molar-refractivity contribution < 1.29 is 9.59 Å². The third-order valence-corrected chi connectivity index (χ3v) is 5.98. The third kappa shape index (κ3) is 7.86. The molecule has 0 spiro atoms. The van der Waals surface area contributed by atoms with Gasteiger partial charge in [0.05, 0.1) is 5.75 Å². The number of nitrogens with zero attached hydrogens (tertiary/aromatic N) is 1. The Morgan fingerprint density at radius 1 is 1.03 bits per heavy atom. The average Bonchev–Trinajstić information content (AvgIpc) is 2.75. The zero-order valence-corrected chi connectivity index (χ0v) is 19.2. The van der Waals surface area contributed by atoms with Crippen molar-refractivity contribution >= 4 is 23.6 Å². The van der Waals surface area contributed by atoms with Crippen LogP contribution in [0.1, 0.15) is 43.4 Å². The molecule has 0 aliphatic rings. The van der Waals surface area contributed by atoms with E-state index in [4.69, 9.17) is 0 Å². The van der Waals surface area contributed by atoms with Crippen molar-refractivity contribution in [2.45, 2.75) is 51.8 Å². The van der Waals surface area contributed by atoms with Crippen molar-refractivity contribution in [3.05, 3.63) is 71.3 Å². The van der Waals surface area contributed by atoms with E-state index in [2.05, 4.69) is 42.6 Å². The highest BCUT2D eigenvalue weighted by molar-refractivity contribution is 7.99. The molecule has 4 nitrogen and oxygen atoms in total. The summed E-state index contributed by atoms with van der Waals surface area (Å²) in [5.74, 6) is 1.14. The minimum atomic E-state index is -0.424. The molecule has 2 aromatic carbocycles. The fourth-order valence-corrected chi connectivity index (χ4v) is 4.26. The minimum Gasteiger partial charge on any atom is -0.354 e. The summed E-state index contributed by atoms with van der Waals surface area (Å²) < 4.78 is 0. The van der Waals surface area contributed by atoms with E-state index in [-0.39, 0.29) is 11.8 Å². The van der Waals surface area contributed by atoms with Gasteiger partial charge in [-0.05, 0) is 37.3 Å². The van der Waals surface area contributed by atoms with Crippen LogP contribution in [0.5, 0.6) is 0 Å². The first-order chi connectivity index (χ1) is 14.5. The maximum absolute atomic E-state index is 13.1. The Labute approximate surface area is 185 Å². The first-order valence-electron chi connectivity index (χ1n) is 10.8. The van der Waals surface area contributed by atoms with Crippen LogP contribution in [-0.4, -0.2) is 41.6 Å². The average molecular weight is 427 g/mol. The second kappa shape index (κ2) is 13.1. The molecule has 1 atom stereocenters. The van der Waals surface area contributed by atoms with Crippen molar-refractivity contribution in [1.29, 1.82) is 0 Å². The number of nitrogens with one attached hydrogen (secondary N) is 1. The maximum Gasteiger partial charge on any atom is 0.242 e. The molecule has 30 heavy (non-hydrogen) atoms. The number of carbonyl (C=O) groups excluding carboxylic acids is 2. The van der Waals surface area contributed by atoms with E-state index in [0.29, 0.717) is 25.3 Å². The molecule has 0 saturated heterocycles. The van der Waals surface area contributed by atoms with Crippen LogP contribution in [0.3, 0.4) is 0 Å². The second-order valence-electron chi connectivity index (χ2n) is 7.52. The van der Waals surface area contributed by atoms with Gasteiger partial charge in [-0.15, -0.1) is 11.8 Å². The van der Waals surface area contributed by atoms with Gasteiger partial charge in [-0.3, -0.25) is 9.59 Å². The van der Waals surface area contributed by atoms with Gasteiger partial charge in [-0.1, -0.05) is 74.0 Å². The summed E-state index contributed by atoms with van der Waals surface area (Å²) in [6.45, 7) is 7.26. The Kier molecular flexibility index (Phi) is 10.5. The number of rotatable bonds is 12. The van der Waals surface area contributed by atoms with Crippen LogP contribution in [0.25, 0.3) is 0 Å². The van der Waals surface area contributed by atoms with Gasteiger partial charge >= 0.3 is 0 Å². The van der Waals surface area contributed by atoms with Gasteiger partial charge in [-0.25, -0.2) is 0 Å². The standard InChI is InChI=1S/C25H34N2O2S/c1-4-15-26-25(29)23(5-2)27(16-14-21-11-7-6-8-12-21)24(28)19-30-18-22-13-9-10-20(3)17-22/h6-13,17,23H,4-5,14-16,18-19H2,1-3H3,(H,26,29)/t23-/m1/s1. The van der Waals surface area contributed by atoms with Crippen LogP contribution in [0.15, 0.2) is 54.6 Å². The predicted octanol–water partition coefficient (Wildman–Crippen LogP) is 4.60. The van der Waals surface area contributed by atoms with E-state index in [1.807, 2.05) is 38.1 Å². The summed E-state index contributed by atoms with van der Waals surface area (Å²) in [7, 11) is 0. The molecular weight excluding hydrogens is 392 g/mol. The quantitative estimate of drug-likeness (QED) is 0.539. The number of hydrogen-bond donors (Lipinski definition) is 1. The Balaban J connectivity index is 2.03. The van der Waals surface area contributed by atoms with Crippen LogP contribution >= 0.6 is 11.8 Å². The first kappa shape index (κ1) is 24.0. The zero-order valence-electron chi connectivity index (χ0n) is 18.4. The lowest BCUT2D eigenvalue weighted by atomic mass is 10.1. The molecule has 0 radical (unpaired) electrons. The molecule has 0 fully saturated rings. The number of thioether (sulfide) groups is 1. The Morgan fingerprint density at radius 2 is 1.77 bits per heavy atom. The summed E-state index contributed by atoms with van der Waals surface area (Å²) in [5, 5.41) is 2.97. The molecule has 5 heteroatoms. The van der Waals surface area contributed by atoms with Gasteiger partial charge in [0.2, 0.25) is 11.8 Å². The number of hydrogen-bond acceptors (Lipinski definition) is 3. The molecule has 0 heterocycles. The van der Waals surface area contributed by atoms with Crippen molar-refractivity contribution in [2.24, 2.45) is 0 Å². The first-order valence-corrected chi connectivity index (χ1v) is 11.9. The number of amides is 2. The Bertz CT molecular complexity index is 795. The van der Waals surface area contributed by atoms with Gasteiger partial charge in [0.15, 0.2) is 0 Å². The second-order valence-corrected chi connectivity index (χ2v) is 8.51. The number of benzene rings is 2.